The quantitative estimate of drug-likeness (QED) is 0.445. The van der Waals surface area contributed by atoms with Crippen molar-refractivity contribution in [1.82, 2.24) is 0 Å². The van der Waals surface area contributed by atoms with E-state index < -0.39 is 32.9 Å². The number of carbonyl (C=O) groups excluding carboxylic acids is 1. The molecule has 1 rings (SSSR count). The summed E-state index contributed by atoms with van der Waals surface area (Å²) in [7, 11) is 0. The van der Waals surface area contributed by atoms with Gasteiger partial charge in [0.15, 0.2) is 0 Å². The maximum absolute atomic E-state index is 11.6. The number of nitro groups is 2. The summed E-state index contributed by atoms with van der Waals surface area (Å²) in [5.74, 6) is -1.35. The molecule has 108 valence electrons. The van der Waals surface area contributed by atoms with Crippen molar-refractivity contribution in [1.29, 1.82) is 0 Å². The maximum Gasteiger partial charge on any atom is 0.338 e. The molecule has 9 heteroatoms. The highest BCUT2D eigenvalue weighted by molar-refractivity contribution is 5.92. The number of nitro benzene ring substituents is 2. The van der Waals surface area contributed by atoms with E-state index in [0.717, 1.165) is 12.1 Å². The molecule has 0 spiro atoms. The molecule has 0 amide bonds. The van der Waals surface area contributed by atoms with Gasteiger partial charge in [-0.1, -0.05) is 0 Å². The maximum atomic E-state index is 11.6. The summed E-state index contributed by atoms with van der Waals surface area (Å²) < 4.78 is 9.62. The van der Waals surface area contributed by atoms with Crippen LogP contribution >= 0.6 is 0 Å². The molecule has 0 aliphatic carbocycles. The lowest BCUT2D eigenvalue weighted by Crippen LogP contribution is -2.08. The zero-order valence-electron chi connectivity index (χ0n) is 10.8. The second-order valence-electron chi connectivity index (χ2n) is 3.51. The van der Waals surface area contributed by atoms with Crippen LogP contribution in [0.3, 0.4) is 0 Å². The summed E-state index contributed by atoms with van der Waals surface area (Å²) in [5.41, 5.74) is -1.57. The Balaban J connectivity index is 3.49. The second kappa shape index (κ2) is 6.45. The zero-order valence-corrected chi connectivity index (χ0v) is 10.8. The Bertz CT molecular complexity index is 521. The van der Waals surface area contributed by atoms with Crippen LogP contribution in [-0.2, 0) is 4.74 Å². The molecule has 9 nitrogen and oxygen atoms in total. The average Bonchev–Trinajstić information content (AvgIpc) is 2.38. The van der Waals surface area contributed by atoms with Crippen molar-refractivity contribution < 1.29 is 24.1 Å². The van der Waals surface area contributed by atoms with Gasteiger partial charge in [-0.15, -0.1) is 0 Å². The fourth-order valence-electron chi connectivity index (χ4n) is 1.49. The third-order valence-electron chi connectivity index (χ3n) is 2.24. The molecule has 0 radical (unpaired) electrons. The van der Waals surface area contributed by atoms with E-state index in [9.17, 15) is 25.0 Å². The minimum Gasteiger partial charge on any atom is -0.482 e. The van der Waals surface area contributed by atoms with Gasteiger partial charge in [-0.2, -0.15) is 0 Å². The smallest absolute Gasteiger partial charge is 0.338 e. The zero-order chi connectivity index (χ0) is 15.3. The van der Waals surface area contributed by atoms with Crippen molar-refractivity contribution in [2.24, 2.45) is 0 Å². The van der Waals surface area contributed by atoms with Crippen LogP contribution in [0.4, 0.5) is 11.4 Å². The summed E-state index contributed by atoms with van der Waals surface area (Å²) in [6.45, 7) is 3.15. The first-order chi connectivity index (χ1) is 9.42. The molecule has 1 aromatic rings. The molecule has 0 aliphatic rings. The van der Waals surface area contributed by atoms with E-state index in [1.54, 1.807) is 6.92 Å². The van der Waals surface area contributed by atoms with Crippen molar-refractivity contribution in [3.63, 3.8) is 0 Å². The topological polar surface area (TPSA) is 122 Å². The average molecular weight is 284 g/mol. The van der Waals surface area contributed by atoms with Gasteiger partial charge in [-0.3, -0.25) is 20.2 Å². The van der Waals surface area contributed by atoms with Crippen molar-refractivity contribution in [3.05, 3.63) is 37.9 Å². The third-order valence-corrected chi connectivity index (χ3v) is 2.24. The minimum atomic E-state index is -0.873. The largest absolute Gasteiger partial charge is 0.482 e. The van der Waals surface area contributed by atoms with Gasteiger partial charge in [0.2, 0.25) is 0 Å². The number of nitrogens with zero attached hydrogens (tertiary/aromatic N) is 2. The molecule has 0 atom stereocenters. The molecule has 20 heavy (non-hydrogen) atoms. The predicted molar refractivity (Wildman–Crippen MR) is 66.9 cm³/mol. The highest BCUT2D eigenvalue weighted by Crippen LogP contribution is 2.38. The van der Waals surface area contributed by atoms with Crippen LogP contribution in [0.25, 0.3) is 0 Å². The van der Waals surface area contributed by atoms with Crippen LogP contribution in [0.1, 0.15) is 24.2 Å². The van der Waals surface area contributed by atoms with Crippen LogP contribution in [0.2, 0.25) is 0 Å². The van der Waals surface area contributed by atoms with E-state index in [1.165, 1.54) is 6.92 Å². The predicted octanol–water partition coefficient (Wildman–Crippen LogP) is 2.08. The van der Waals surface area contributed by atoms with Gasteiger partial charge in [0.05, 0.1) is 28.6 Å². The molecular formula is C11H12N2O7. The number of carbonyl (C=O) groups is 1. The molecule has 0 bridgehead atoms. The van der Waals surface area contributed by atoms with Crippen molar-refractivity contribution in [3.8, 4) is 5.75 Å². The molecule has 0 heterocycles. The van der Waals surface area contributed by atoms with Gasteiger partial charge in [-0.25, -0.2) is 4.79 Å². The Labute approximate surface area is 113 Å². The van der Waals surface area contributed by atoms with Gasteiger partial charge in [-0.05, 0) is 13.8 Å². The summed E-state index contributed by atoms with van der Waals surface area (Å²) in [6, 6.07) is 1.80. The first-order valence-corrected chi connectivity index (χ1v) is 5.69. The first kappa shape index (κ1) is 15.3. The highest BCUT2D eigenvalue weighted by Gasteiger charge is 2.30. The van der Waals surface area contributed by atoms with Gasteiger partial charge < -0.3 is 9.47 Å². The summed E-state index contributed by atoms with van der Waals surface area (Å²) in [4.78, 5) is 31.8. The summed E-state index contributed by atoms with van der Waals surface area (Å²) in [5, 5.41) is 21.9. The Morgan fingerprint density at radius 3 is 1.95 bits per heavy atom. The van der Waals surface area contributed by atoms with Crippen LogP contribution in [0, 0.1) is 20.2 Å². The van der Waals surface area contributed by atoms with E-state index in [2.05, 4.69) is 4.74 Å². The lowest BCUT2D eigenvalue weighted by atomic mass is 10.1. The van der Waals surface area contributed by atoms with Gasteiger partial charge in [0.1, 0.15) is 0 Å². The standard InChI is InChI=1S/C11H12N2O7/c1-3-19-10-8(12(15)16)5-7(11(14)20-4-2)6-9(10)13(17)18/h5-6H,3-4H2,1-2H3. The summed E-state index contributed by atoms with van der Waals surface area (Å²) in [6.07, 6.45) is 0. The molecular weight excluding hydrogens is 272 g/mol. The SMILES string of the molecule is CCOC(=O)c1cc([N+](=O)[O-])c(OCC)c([N+](=O)[O-])c1. The molecule has 1 aromatic carbocycles. The van der Waals surface area contributed by atoms with E-state index in [-0.39, 0.29) is 18.8 Å². The molecule has 0 saturated heterocycles. The Morgan fingerprint density at radius 2 is 1.60 bits per heavy atom. The molecule has 0 saturated carbocycles. The normalized spacial score (nSPS) is 9.90. The fraction of sp³-hybridized carbons (Fsp3) is 0.364. The molecule has 0 unspecified atom stereocenters. The number of rotatable bonds is 6. The molecule has 0 aliphatic heterocycles. The van der Waals surface area contributed by atoms with Crippen LogP contribution < -0.4 is 4.74 Å². The number of hydrogen-bond acceptors (Lipinski definition) is 7. The fourth-order valence-corrected chi connectivity index (χ4v) is 1.49. The number of hydrogen-bond donors (Lipinski definition) is 0. The Kier molecular flexibility index (Phi) is 4.95. The van der Waals surface area contributed by atoms with Gasteiger partial charge in [0.25, 0.3) is 5.75 Å². The Morgan fingerprint density at radius 1 is 1.10 bits per heavy atom. The van der Waals surface area contributed by atoms with E-state index >= 15 is 0 Å². The monoisotopic (exact) mass is 284 g/mol. The number of benzene rings is 1. The van der Waals surface area contributed by atoms with Crippen LogP contribution in [0.15, 0.2) is 12.1 Å². The van der Waals surface area contributed by atoms with Crippen molar-refractivity contribution in [2.45, 2.75) is 13.8 Å². The second-order valence-corrected chi connectivity index (χ2v) is 3.51. The van der Waals surface area contributed by atoms with E-state index in [4.69, 9.17) is 4.74 Å². The Hall–Kier alpha value is -2.71. The third kappa shape index (κ3) is 3.19. The number of ether oxygens (including phenoxy) is 2. The van der Waals surface area contributed by atoms with Crippen molar-refractivity contribution in [2.75, 3.05) is 13.2 Å². The molecule has 0 N–H and O–H groups in total. The highest BCUT2D eigenvalue weighted by atomic mass is 16.6. The summed E-state index contributed by atoms with van der Waals surface area (Å²) >= 11 is 0. The van der Waals surface area contributed by atoms with Gasteiger partial charge >= 0.3 is 17.3 Å². The van der Waals surface area contributed by atoms with Crippen LogP contribution in [0.5, 0.6) is 5.75 Å². The lowest BCUT2D eigenvalue weighted by Gasteiger charge is -2.07. The van der Waals surface area contributed by atoms with Crippen LogP contribution in [-0.4, -0.2) is 29.0 Å². The molecule has 0 fully saturated rings. The van der Waals surface area contributed by atoms with Gasteiger partial charge in [0, 0.05) is 12.1 Å². The number of esters is 1. The van der Waals surface area contributed by atoms with Crippen molar-refractivity contribution >= 4 is 17.3 Å². The lowest BCUT2D eigenvalue weighted by molar-refractivity contribution is -0.396. The first-order valence-electron chi connectivity index (χ1n) is 5.69. The van der Waals surface area contributed by atoms with E-state index in [1.807, 2.05) is 0 Å². The molecule has 0 aromatic heterocycles. The minimum absolute atomic E-state index is 0.0143. The van der Waals surface area contributed by atoms with E-state index in [0.29, 0.717) is 0 Å².